The van der Waals surface area contributed by atoms with Crippen LogP contribution in [-0.4, -0.2) is 37.1 Å². The van der Waals surface area contributed by atoms with Crippen LogP contribution in [0.1, 0.15) is 29.8 Å². The predicted molar refractivity (Wildman–Crippen MR) is 71.7 cm³/mol. The average Bonchev–Trinajstić information content (AvgIpc) is 2.38. The summed E-state index contributed by atoms with van der Waals surface area (Å²) in [6, 6.07) is 8.00. The third-order valence-electron chi connectivity index (χ3n) is 3.12. The van der Waals surface area contributed by atoms with Crippen molar-refractivity contribution in [2.75, 3.05) is 26.3 Å². The van der Waals surface area contributed by atoms with Crippen LogP contribution >= 0.6 is 0 Å². The van der Waals surface area contributed by atoms with Gasteiger partial charge >= 0.3 is 0 Å². The Balaban J connectivity index is 2.09. The summed E-state index contributed by atoms with van der Waals surface area (Å²) < 4.78 is 5.27. The second-order valence-corrected chi connectivity index (χ2v) is 5.20. The third kappa shape index (κ3) is 3.33. The van der Waals surface area contributed by atoms with Crippen LogP contribution in [0.25, 0.3) is 0 Å². The molecule has 0 aliphatic carbocycles. The van der Waals surface area contributed by atoms with Gasteiger partial charge in [0, 0.05) is 18.7 Å². The first-order valence-corrected chi connectivity index (χ1v) is 6.63. The van der Waals surface area contributed by atoms with Crippen molar-refractivity contribution in [1.29, 1.82) is 0 Å². The molecule has 0 saturated carbocycles. The summed E-state index contributed by atoms with van der Waals surface area (Å²) in [7, 11) is 0. The Morgan fingerprint density at radius 3 is 2.72 bits per heavy atom. The standard InChI is InChI=1S/C15H21NO2/c1-12(2)10-13-4-3-5-14(11-13)15(17)16-6-8-18-9-7-16/h3-5,11-12H,6-10H2,1-2H3. The molecule has 0 unspecified atom stereocenters. The molecule has 98 valence electrons. The molecule has 1 aliphatic heterocycles. The summed E-state index contributed by atoms with van der Waals surface area (Å²) in [4.78, 5) is 14.2. The predicted octanol–water partition coefficient (Wildman–Crippen LogP) is 2.36. The van der Waals surface area contributed by atoms with E-state index in [1.807, 2.05) is 23.1 Å². The second-order valence-electron chi connectivity index (χ2n) is 5.20. The van der Waals surface area contributed by atoms with Gasteiger partial charge in [-0.3, -0.25) is 4.79 Å². The van der Waals surface area contributed by atoms with Crippen LogP contribution in [0.3, 0.4) is 0 Å². The van der Waals surface area contributed by atoms with Gasteiger partial charge < -0.3 is 9.64 Å². The van der Waals surface area contributed by atoms with Crippen LogP contribution in [0.4, 0.5) is 0 Å². The first-order chi connectivity index (χ1) is 8.66. The molecule has 1 amide bonds. The number of hydrogen-bond acceptors (Lipinski definition) is 2. The van der Waals surface area contributed by atoms with E-state index in [4.69, 9.17) is 4.74 Å². The minimum Gasteiger partial charge on any atom is -0.378 e. The molecule has 0 radical (unpaired) electrons. The third-order valence-corrected chi connectivity index (χ3v) is 3.12. The van der Waals surface area contributed by atoms with Crippen LogP contribution < -0.4 is 0 Å². The smallest absolute Gasteiger partial charge is 0.254 e. The fourth-order valence-corrected chi connectivity index (χ4v) is 2.25. The summed E-state index contributed by atoms with van der Waals surface area (Å²) in [5.74, 6) is 0.739. The van der Waals surface area contributed by atoms with E-state index in [2.05, 4.69) is 19.9 Å². The van der Waals surface area contributed by atoms with Crippen LogP contribution in [0.2, 0.25) is 0 Å². The number of rotatable bonds is 3. The Hall–Kier alpha value is -1.35. The number of ether oxygens (including phenoxy) is 1. The van der Waals surface area contributed by atoms with E-state index in [0.717, 1.165) is 12.0 Å². The molecule has 0 N–H and O–H groups in total. The van der Waals surface area contributed by atoms with Gasteiger partial charge in [-0.25, -0.2) is 0 Å². The Bertz CT molecular complexity index is 409. The van der Waals surface area contributed by atoms with E-state index < -0.39 is 0 Å². The Kier molecular flexibility index (Phi) is 4.37. The molecule has 3 nitrogen and oxygen atoms in total. The van der Waals surface area contributed by atoms with Crippen molar-refractivity contribution < 1.29 is 9.53 Å². The highest BCUT2D eigenvalue weighted by atomic mass is 16.5. The highest BCUT2D eigenvalue weighted by molar-refractivity contribution is 5.94. The fourth-order valence-electron chi connectivity index (χ4n) is 2.25. The maximum Gasteiger partial charge on any atom is 0.254 e. The van der Waals surface area contributed by atoms with Gasteiger partial charge in [0.1, 0.15) is 0 Å². The molecular formula is C15H21NO2. The lowest BCUT2D eigenvalue weighted by Gasteiger charge is -2.27. The zero-order valence-corrected chi connectivity index (χ0v) is 11.2. The van der Waals surface area contributed by atoms with Gasteiger partial charge in [0.2, 0.25) is 0 Å². The van der Waals surface area contributed by atoms with Crippen LogP contribution in [-0.2, 0) is 11.2 Å². The molecule has 1 aromatic rings. The van der Waals surface area contributed by atoms with Crippen molar-refractivity contribution in [3.8, 4) is 0 Å². The normalized spacial score (nSPS) is 16.1. The molecule has 1 aromatic carbocycles. The minimum atomic E-state index is 0.129. The van der Waals surface area contributed by atoms with Gasteiger partial charge in [-0.05, 0) is 30.0 Å². The molecule has 18 heavy (non-hydrogen) atoms. The summed E-state index contributed by atoms with van der Waals surface area (Å²) in [6.45, 7) is 7.09. The van der Waals surface area contributed by atoms with Crippen LogP contribution in [0.15, 0.2) is 24.3 Å². The number of nitrogens with zero attached hydrogens (tertiary/aromatic N) is 1. The number of hydrogen-bond donors (Lipinski definition) is 0. The minimum absolute atomic E-state index is 0.129. The van der Waals surface area contributed by atoms with Crippen molar-refractivity contribution in [1.82, 2.24) is 4.90 Å². The summed E-state index contributed by atoms with van der Waals surface area (Å²) >= 11 is 0. The largest absolute Gasteiger partial charge is 0.378 e. The zero-order valence-electron chi connectivity index (χ0n) is 11.2. The molecule has 2 rings (SSSR count). The van der Waals surface area contributed by atoms with E-state index >= 15 is 0 Å². The SMILES string of the molecule is CC(C)Cc1cccc(C(=O)N2CCOCC2)c1. The second kappa shape index (κ2) is 6.01. The van der Waals surface area contributed by atoms with E-state index in [1.54, 1.807) is 0 Å². The first-order valence-electron chi connectivity index (χ1n) is 6.63. The lowest BCUT2D eigenvalue weighted by Crippen LogP contribution is -2.40. The molecule has 0 aromatic heterocycles. The molecule has 1 saturated heterocycles. The lowest BCUT2D eigenvalue weighted by atomic mass is 10.0. The zero-order chi connectivity index (χ0) is 13.0. The number of carbonyl (C=O) groups excluding carboxylic acids is 1. The van der Waals surface area contributed by atoms with Gasteiger partial charge in [-0.1, -0.05) is 26.0 Å². The molecular weight excluding hydrogens is 226 g/mol. The van der Waals surface area contributed by atoms with Crippen molar-refractivity contribution in [2.45, 2.75) is 20.3 Å². The monoisotopic (exact) mass is 247 g/mol. The average molecular weight is 247 g/mol. The number of amides is 1. The fraction of sp³-hybridized carbons (Fsp3) is 0.533. The number of morpholine rings is 1. The quantitative estimate of drug-likeness (QED) is 0.820. The Morgan fingerprint density at radius 2 is 2.06 bits per heavy atom. The Labute approximate surface area is 109 Å². The topological polar surface area (TPSA) is 29.5 Å². The van der Waals surface area contributed by atoms with Gasteiger partial charge in [0.05, 0.1) is 13.2 Å². The molecule has 0 bridgehead atoms. The number of benzene rings is 1. The van der Waals surface area contributed by atoms with Crippen molar-refractivity contribution in [3.63, 3.8) is 0 Å². The molecule has 1 aliphatic rings. The van der Waals surface area contributed by atoms with E-state index in [1.165, 1.54) is 5.56 Å². The van der Waals surface area contributed by atoms with E-state index in [0.29, 0.717) is 32.2 Å². The Morgan fingerprint density at radius 1 is 1.33 bits per heavy atom. The molecule has 1 heterocycles. The van der Waals surface area contributed by atoms with Gasteiger partial charge in [-0.2, -0.15) is 0 Å². The molecule has 0 atom stereocenters. The highest BCUT2D eigenvalue weighted by Crippen LogP contribution is 2.13. The van der Waals surface area contributed by atoms with Gasteiger partial charge in [0.15, 0.2) is 0 Å². The van der Waals surface area contributed by atoms with Crippen molar-refractivity contribution in [3.05, 3.63) is 35.4 Å². The summed E-state index contributed by atoms with van der Waals surface area (Å²) in [5, 5.41) is 0. The molecule has 3 heteroatoms. The molecule has 0 spiro atoms. The number of carbonyl (C=O) groups is 1. The maximum absolute atomic E-state index is 12.3. The van der Waals surface area contributed by atoms with Crippen LogP contribution in [0.5, 0.6) is 0 Å². The molecule has 1 fully saturated rings. The summed E-state index contributed by atoms with van der Waals surface area (Å²) in [6.07, 6.45) is 1.02. The first kappa shape index (κ1) is 13.1. The van der Waals surface area contributed by atoms with Gasteiger partial charge in [0.25, 0.3) is 5.91 Å². The lowest BCUT2D eigenvalue weighted by molar-refractivity contribution is 0.0303. The van der Waals surface area contributed by atoms with Gasteiger partial charge in [-0.15, -0.1) is 0 Å². The summed E-state index contributed by atoms with van der Waals surface area (Å²) in [5.41, 5.74) is 2.04. The van der Waals surface area contributed by atoms with E-state index in [9.17, 15) is 4.79 Å². The van der Waals surface area contributed by atoms with Crippen LogP contribution in [0, 0.1) is 5.92 Å². The van der Waals surface area contributed by atoms with Crippen molar-refractivity contribution >= 4 is 5.91 Å². The highest BCUT2D eigenvalue weighted by Gasteiger charge is 2.18. The van der Waals surface area contributed by atoms with Crippen molar-refractivity contribution in [2.24, 2.45) is 5.92 Å². The maximum atomic E-state index is 12.3. The van der Waals surface area contributed by atoms with E-state index in [-0.39, 0.29) is 5.91 Å².